The van der Waals surface area contributed by atoms with Crippen LogP contribution in [0.2, 0.25) is 0 Å². The molecule has 2 heterocycles. The molecular weight excluding hydrogens is 296 g/mol. The van der Waals surface area contributed by atoms with Gasteiger partial charge in [0.05, 0.1) is 0 Å². The van der Waals surface area contributed by atoms with Gasteiger partial charge in [-0.05, 0) is 41.5 Å². The first kappa shape index (κ1) is 13.5. The topological polar surface area (TPSA) is 6.48 Å². The average molecular weight is 317 g/mol. The van der Waals surface area contributed by atoms with Gasteiger partial charge in [-0.2, -0.15) is 0 Å². The highest BCUT2D eigenvalue weighted by molar-refractivity contribution is 9.10. The Hall–Kier alpha value is 0.1000. The van der Waals surface area contributed by atoms with Gasteiger partial charge >= 0.3 is 0 Å². The summed E-state index contributed by atoms with van der Waals surface area (Å²) >= 11 is 5.38. The Labute approximate surface area is 117 Å². The molecule has 0 spiro atoms. The molecule has 4 heteroatoms. The summed E-state index contributed by atoms with van der Waals surface area (Å²) < 4.78 is 1.22. The predicted octanol–water partition coefficient (Wildman–Crippen LogP) is 3.43. The number of likely N-dealkylation sites (tertiary alicyclic amines) is 1. The molecule has 0 saturated carbocycles. The summed E-state index contributed by atoms with van der Waals surface area (Å²) in [6, 6.07) is 3.02. The fourth-order valence-corrected chi connectivity index (χ4v) is 4.14. The number of thiophene rings is 1. The van der Waals surface area contributed by atoms with Crippen LogP contribution in [0.5, 0.6) is 0 Å². The summed E-state index contributed by atoms with van der Waals surface area (Å²) in [7, 11) is 0. The molecule has 2 nitrogen and oxygen atoms in total. The van der Waals surface area contributed by atoms with Gasteiger partial charge in [-0.25, -0.2) is 0 Å². The van der Waals surface area contributed by atoms with Gasteiger partial charge < -0.3 is 0 Å². The van der Waals surface area contributed by atoms with Crippen LogP contribution in [0.25, 0.3) is 0 Å². The minimum absolute atomic E-state index is 0.772. The maximum atomic E-state index is 3.52. The third-order valence-corrected chi connectivity index (χ3v) is 5.26. The van der Waals surface area contributed by atoms with E-state index in [0.29, 0.717) is 0 Å². The SMILES string of the molecule is CCN(CC)C1CCN(Cc2cc(Br)cs2)C1. The van der Waals surface area contributed by atoms with Crippen molar-refractivity contribution in [3.8, 4) is 0 Å². The van der Waals surface area contributed by atoms with Crippen LogP contribution < -0.4 is 0 Å². The van der Waals surface area contributed by atoms with Crippen molar-refractivity contribution in [3.63, 3.8) is 0 Å². The van der Waals surface area contributed by atoms with E-state index in [-0.39, 0.29) is 0 Å². The van der Waals surface area contributed by atoms with Gasteiger partial charge in [0.25, 0.3) is 0 Å². The summed E-state index contributed by atoms with van der Waals surface area (Å²) in [6.45, 7) is 10.5. The smallest absolute Gasteiger partial charge is 0.0328 e. The second kappa shape index (κ2) is 6.32. The van der Waals surface area contributed by atoms with Crippen molar-refractivity contribution in [2.24, 2.45) is 0 Å². The Kier molecular flexibility index (Phi) is 5.03. The molecule has 0 radical (unpaired) electrons. The first-order chi connectivity index (χ1) is 8.22. The van der Waals surface area contributed by atoms with E-state index in [9.17, 15) is 0 Å². The van der Waals surface area contributed by atoms with Crippen LogP contribution in [0.15, 0.2) is 15.9 Å². The molecule has 1 aromatic rings. The lowest BCUT2D eigenvalue weighted by Crippen LogP contribution is -2.37. The Balaban J connectivity index is 1.85. The largest absolute Gasteiger partial charge is 0.300 e. The predicted molar refractivity (Wildman–Crippen MR) is 78.6 cm³/mol. The molecule has 0 aromatic carbocycles. The zero-order chi connectivity index (χ0) is 12.3. The quantitative estimate of drug-likeness (QED) is 0.821. The van der Waals surface area contributed by atoms with Crippen LogP contribution in [0.1, 0.15) is 25.1 Å². The summed E-state index contributed by atoms with van der Waals surface area (Å²) in [4.78, 5) is 6.64. The third-order valence-electron chi connectivity index (χ3n) is 3.58. The molecule has 0 N–H and O–H groups in total. The molecule has 1 atom stereocenters. The Bertz CT molecular complexity index is 349. The van der Waals surface area contributed by atoms with Gasteiger partial charge in [0, 0.05) is 40.4 Å². The molecule has 1 saturated heterocycles. The van der Waals surface area contributed by atoms with E-state index in [1.165, 1.54) is 41.9 Å². The maximum absolute atomic E-state index is 3.52. The Morgan fingerprint density at radius 1 is 1.47 bits per heavy atom. The van der Waals surface area contributed by atoms with Crippen LogP contribution in [0, 0.1) is 0 Å². The van der Waals surface area contributed by atoms with Crippen LogP contribution in [-0.4, -0.2) is 42.0 Å². The first-order valence-electron chi connectivity index (χ1n) is 6.42. The summed E-state index contributed by atoms with van der Waals surface area (Å²) in [5.41, 5.74) is 0. The van der Waals surface area contributed by atoms with Crippen molar-refractivity contribution in [3.05, 3.63) is 20.8 Å². The highest BCUT2D eigenvalue weighted by Crippen LogP contribution is 2.24. The van der Waals surface area contributed by atoms with E-state index in [4.69, 9.17) is 0 Å². The molecule has 17 heavy (non-hydrogen) atoms. The van der Waals surface area contributed by atoms with E-state index in [1.807, 2.05) is 11.3 Å². The Morgan fingerprint density at radius 3 is 2.82 bits per heavy atom. The fraction of sp³-hybridized carbons (Fsp3) is 0.692. The van der Waals surface area contributed by atoms with Gasteiger partial charge in [0.15, 0.2) is 0 Å². The van der Waals surface area contributed by atoms with Crippen molar-refractivity contribution in [1.29, 1.82) is 0 Å². The lowest BCUT2D eigenvalue weighted by molar-refractivity contribution is 0.209. The number of halogens is 1. The van der Waals surface area contributed by atoms with Gasteiger partial charge in [0.1, 0.15) is 0 Å². The molecule has 2 rings (SSSR count). The monoisotopic (exact) mass is 316 g/mol. The molecule has 1 fully saturated rings. The van der Waals surface area contributed by atoms with E-state index in [1.54, 1.807) is 0 Å². The number of nitrogens with zero attached hydrogens (tertiary/aromatic N) is 2. The van der Waals surface area contributed by atoms with E-state index in [2.05, 4.69) is 51.0 Å². The van der Waals surface area contributed by atoms with Gasteiger partial charge in [0.2, 0.25) is 0 Å². The molecule has 0 bridgehead atoms. The van der Waals surface area contributed by atoms with Crippen LogP contribution >= 0.6 is 27.3 Å². The summed E-state index contributed by atoms with van der Waals surface area (Å²) in [5.74, 6) is 0. The molecular formula is C13H21BrN2S. The van der Waals surface area contributed by atoms with E-state index < -0.39 is 0 Å². The van der Waals surface area contributed by atoms with Gasteiger partial charge in [-0.1, -0.05) is 13.8 Å². The minimum atomic E-state index is 0.772. The van der Waals surface area contributed by atoms with E-state index in [0.717, 1.165) is 12.6 Å². The average Bonchev–Trinajstić information content (AvgIpc) is 2.91. The highest BCUT2D eigenvalue weighted by atomic mass is 79.9. The van der Waals surface area contributed by atoms with Crippen molar-refractivity contribution < 1.29 is 0 Å². The van der Waals surface area contributed by atoms with Gasteiger partial charge in [-0.15, -0.1) is 11.3 Å². The molecule has 1 aliphatic rings. The standard InChI is InChI=1S/C13H21BrN2S/c1-3-16(4-2)12-5-6-15(8-12)9-13-7-11(14)10-17-13/h7,10,12H,3-6,8-9H2,1-2H3. The van der Waals surface area contributed by atoms with Crippen LogP contribution in [0.4, 0.5) is 0 Å². The fourth-order valence-electron chi connectivity index (χ4n) is 2.65. The number of hydrogen-bond acceptors (Lipinski definition) is 3. The van der Waals surface area contributed by atoms with Crippen molar-refractivity contribution in [1.82, 2.24) is 9.80 Å². The zero-order valence-corrected chi connectivity index (χ0v) is 13.1. The molecule has 1 unspecified atom stereocenters. The van der Waals surface area contributed by atoms with Crippen molar-refractivity contribution in [2.75, 3.05) is 26.2 Å². The first-order valence-corrected chi connectivity index (χ1v) is 8.09. The number of hydrogen-bond donors (Lipinski definition) is 0. The maximum Gasteiger partial charge on any atom is 0.0328 e. The summed E-state index contributed by atoms with van der Waals surface area (Å²) in [5, 5.41) is 2.17. The van der Waals surface area contributed by atoms with Crippen molar-refractivity contribution in [2.45, 2.75) is 32.9 Å². The molecule has 96 valence electrons. The number of rotatable bonds is 5. The minimum Gasteiger partial charge on any atom is -0.300 e. The molecule has 1 aromatic heterocycles. The summed E-state index contributed by atoms with van der Waals surface area (Å²) in [6.07, 6.45) is 1.33. The third kappa shape index (κ3) is 3.53. The van der Waals surface area contributed by atoms with Crippen LogP contribution in [-0.2, 0) is 6.54 Å². The second-order valence-electron chi connectivity index (χ2n) is 4.63. The molecule has 0 aliphatic carbocycles. The normalized spacial score (nSPS) is 21.5. The van der Waals surface area contributed by atoms with E-state index >= 15 is 0 Å². The lowest BCUT2D eigenvalue weighted by Gasteiger charge is -2.26. The van der Waals surface area contributed by atoms with Gasteiger partial charge in [-0.3, -0.25) is 9.80 Å². The lowest BCUT2D eigenvalue weighted by atomic mass is 10.2. The number of likely N-dealkylation sites (N-methyl/N-ethyl adjacent to an activating group) is 1. The van der Waals surface area contributed by atoms with Crippen LogP contribution in [0.3, 0.4) is 0 Å². The van der Waals surface area contributed by atoms with Crippen molar-refractivity contribution >= 4 is 27.3 Å². The molecule has 0 amide bonds. The zero-order valence-electron chi connectivity index (χ0n) is 10.7. The highest BCUT2D eigenvalue weighted by Gasteiger charge is 2.26. The second-order valence-corrected chi connectivity index (χ2v) is 6.54. The Morgan fingerprint density at radius 2 is 2.24 bits per heavy atom. The molecule has 1 aliphatic heterocycles.